The third-order valence-corrected chi connectivity index (χ3v) is 5.44. The highest BCUT2D eigenvalue weighted by molar-refractivity contribution is 5.95. The maximum Gasteiger partial charge on any atom is 0.227 e. The summed E-state index contributed by atoms with van der Waals surface area (Å²) in [5, 5.41) is 11.6. The molecule has 3 N–H and O–H groups in total. The highest BCUT2D eigenvalue weighted by Gasteiger charge is 2.29. The van der Waals surface area contributed by atoms with Crippen LogP contribution in [0.4, 0.5) is 5.69 Å². The lowest BCUT2D eigenvalue weighted by Crippen LogP contribution is -2.13. The van der Waals surface area contributed by atoms with Crippen molar-refractivity contribution in [1.82, 2.24) is 25.1 Å². The van der Waals surface area contributed by atoms with Crippen LogP contribution in [-0.4, -0.2) is 31.1 Å². The van der Waals surface area contributed by atoms with Crippen molar-refractivity contribution >= 4 is 33.5 Å². The third-order valence-electron chi connectivity index (χ3n) is 5.44. The lowest BCUT2D eigenvalue weighted by Gasteiger charge is -2.06. The Morgan fingerprint density at radius 2 is 1.93 bits per heavy atom. The normalized spacial score (nSPS) is 13.7. The molecule has 146 valence electrons. The number of aromatic amines is 2. The fourth-order valence-corrected chi connectivity index (χ4v) is 3.69. The number of nitrogens with one attached hydrogen (secondary N) is 3. The Bertz CT molecular complexity index is 1380. The molecule has 4 heterocycles. The molecule has 0 spiro atoms. The second-order valence-corrected chi connectivity index (χ2v) is 7.66. The molecule has 30 heavy (non-hydrogen) atoms. The quantitative estimate of drug-likeness (QED) is 0.417. The Morgan fingerprint density at radius 1 is 1.03 bits per heavy atom. The molecule has 1 saturated carbocycles. The summed E-state index contributed by atoms with van der Waals surface area (Å²) in [6.45, 7) is 0. The minimum Gasteiger partial charge on any atom is -0.353 e. The molecule has 1 aromatic carbocycles. The fourth-order valence-electron chi connectivity index (χ4n) is 3.69. The van der Waals surface area contributed by atoms with E-state index >= 15 is 0 Å². The van der Waals surface area contributed by atoms with Crippen molar-refractivity contribution in [3.63, 3.8) is 0 Å². The molecule has 7 heteroatoms. The number of nitrogens with zero attached hydrogens (tertiary/aromatic N) is 3. The van der Waals surface area contributed by atoms with Crippen molar-refractivity contribution in [2.45, 2.75) is 12.8 Å². The van der Waals surface area contributed by atoms with Gasteiger partial charge in [0.05, 0.1) is 28.8 Å². The minimum absolute atomic E-state index is 0.0632. The number of amides is 1. The Morgan fingerprint density at radius 3 is 2.80 bits per heavy atom. The van der Waals surface area contributed by atoms with Gasteiger partial charge in [-0.05, 0) is 43.2 Å². The average Bonchev–Trinajstić information content (AvgIpc) is 3.40. The first kappa shape index (κ1) is 16.9. The van der Waals surface area contributed by atoms with Crippen LogP contribution < -0.4 is 5.32 Å². The molecule has 0 saturated heterocycles. The summed E-state index contributed by atoms with van der Waals surface area (Å²) in [6.07, 6.45) is 5.35. The number of carbonyl (C=O) groups is 1. The molecular weight excluding hydrogens is 376 g/mol. The van der Waals surface area contributed by atoms with Crippen molar-refractivity contribution in [3.05, 3.63) is 60.9 Å². The van der Waals surface area contributed by atoms with Gasteiger partial charge < -0.3 is 10.3 Å². The molecule has 0 radical (unpaired) electrons. The first-order valence-electron chi connectivity index (χ1n) is 9.94. The van der Waals surface area contributed by atoms with Crippen LogP contribution >= 0.6 is 0 Å². The largest absolute Gasteiger partial charge is 0.353 e. The zero-order valence-electron chi connectivity index (χ0n) is 16.0. The van der Waals surface area contributed by atoms with Crippen LogP contribution in [0.3, 0.4) is 0 Å². The number of pyridine rings is 2. The second-order valence-electron chi connectivity index (χ2n) is 7.66. The van der Waals surface area contributed by atoms with Crippen molar-refractivity contribution < 1.29 is 4.79 Å². The summed E-state index contributed by atoms with van der Waals surface area (Å²) in [6, 6.07) is 16.0. The second kappa shape index (κ2) is 6.52. The van der Waals surface area contributed by atoms with Crippen molar-refractivity contribution in [1.29, 1.82) is 0 Å². The molecule has 5 aromatic rings. The molecule has 0 bridgehead atoms. The van der Waals surface area contributed by atoms with E-state index in [0.29, 0.717) is 5.69 Å². The van der Waals surface area contributed by atoms with Crippen LogP contribution in [0, 0.1) is 5.92 Å². The van der Waals surface area contributed by atoms with Gasteiger partial charge in [0.1, 0.15) is 11.2 Å². The molecular formula is C23H18N6O. The fraction of sp³-hybridized carbons (Fsp3) is 0.130. The van der Waals surface area contributed by atoms with Gasteiger partial charge in [-0.2, -0.15) is 5.10 Å². The van der Waals surface area contributed by atoms with Crippen LogP contribution in [-0.2, 0) is 4.79 Å². The van der Waals surface area contributed by atoms with Gasteiger partial charge >= 0.3 is 0 Å². The number of carbonyl (C=O) groups excluding carboxylic acids is 1. The average molecular weight is 394 g/mol. The van der Waals surface area contributed by atoms with Gasteiger partial charge in [-0.3, -0.25) is 14.9 Å². The highest BCUT2D eigenvalue weighted by Crippen LogP contribution is 2.32. The summed E-state index contributed by atoms with van der Waals surface area (Å²) in [5.41, 5.74) is 6.69. The Kier molecular flexibility index (Phi) is 3.67. The van der Waals surface area contributed by atoms with Gasteiger partial charge in [0.2, 0.25) is 5.91 Å². The third kappa shape index (κ3) is 2.91. The molecule has 1 amide bonds. The van der Waals surface area contributed by atoms with E-state index in [1.165, 1.54) is 0 Å². The van der Waals surface area contributed by atoms with E-state index in [1.54, 1.807) is 12.4 Å². The maximum absolute atomic E-state index is 12.1. The van der Waals surface area contributed by atoms with Gasteiger partial charge in [-0.15, -0.1) is 0 Å². The topological polar surface area (TPSA) is 99.4 Å². The summed E-state index contributed by atoms with van der Waals surface area (Å²) in [4.78, 5) is 24.6. The molecule has 1 aliphatic rings. The molecule has 0 atom stereocenters. The predicted molar refractivity (Wildman–Crippen MR) is 116 cm³/mol. The number of rotatable bonds is 4. The number of aromatic nitrogens is 5. The number of hydrogen-bond acceptors (Lipinski definition) is 4. The van der Waals surface area contributed by atoms with Crippen molar-refractivity contribution in [2.24, 2.45) is 5.92 Å². The van der Waals surface area contributed by atoms with Crippen LogP contribution in [0.25, 0.3) is 44.6 Å². The lowest BCUT2D eigenvalue weighted by atomic mass is 10.1. The van der Waals surface area contributed by atoms with E-state index in [2.05, 4.69) is 37.6 Å². The van der Waals surface area contributed by atoms with Crippen LogP contribution in [0.5, 0.6) is 0 Å². The number of anilines is 1. The molecule has 1 aliphatic carbocycles. The van der Waals surface area contributed by atoms with Gasteiger partial charge in [-0.1, -0.05) is 18.2 Å². The van der Waals surface area contributed by atoms with E-state index in [9.17, 15) is 4.79 Å². The monoisotopic (exact) mass is 394 g/mol. The minimum atomic E-state index is 0.0632. The molecule has 0 unspecified atom stereocenters. The summed E-state index contributed by atoms with van der Waals surface area (Å²) < 4.78 is 0. The first-order valence-corrected chi connectivity index (χ1v) is 9.94. The number of hydrogen-bond donors (Lipinski definition) is 3. The standard InChI is InChI=1S/C23H18N6O/c30-23(13-5-6-13)25-16-9-15(11-24-12-16)18-7-8-19-21(27-18)22(29-28-19)20-10-14-3-1-2-4-17(14)26-20/h1-4,7-13,26H,5-6H2,(H,25,30)(H,28,29). The summed E-state index contributed by atoms with van der Waals surface area (Å²) >= 11 is 0. The number of fused-ring (bicyclic) bond motifs is 2. The molecule has 1 fully saturated rings. The SMILES string of the molecule is O=C(Nc1cncc(-c2ccc3[nH]nc(-c4cc5ccccc5[nH]4)c3n2)c1)C1CC1. The first-order chi connectivity index (χ1) is 14.7. The van der Waals surface area contributed by atoms with Gasteiger partial charge in [0, 0.05) is 28.6 Å². The molecule has 6 rings (SSSR count). The maximum atomic E-state index is 12.1. The lowest BCUT2D eigenvalue weighted by molar-refractivity contribution is -0.117. The molecule has 7 nitrogen and oxygen atoms in total. The molecule has 4 aromatic heterocycles. The predicted octanol–water partition coefficient (Wildman–Crippen LogP) is 4.52. The van der Waals surface area contributed by atoms with E-state index in [1.807, 2.05) is 36.4 Å². The zero-order valence-corrected chi connectivity index (χ0v) is 16.0. The van der Waals surface area contributed by atoms with Crippen LogP contribution in [0.1, 0.15) is 12.8 Å². The zero-order chi connectivity index (χ0) is 20.1. The van der Waals surface area contributed by atoms with Crippen molar-refractivity contribution in [2.75, 3.05) is 5.32 Å². The summed E-state index contributed by atoms with van der Waals surface area (Å²) in [5.74, 6) is 0.209. The Hall–Kier alpha value is -4.00. The van der Waals surface area contributed by atoms with Crippen LogP contribution in [0.15, 0.2) is 60.9 Å². The Balaban J connectivity index is 1.40. The van der Waals surface area contributed by atoms with Gasteiger partial charge in [0.15, 0.2) is 0 Å². The Labute approximate surface area is 171 Å². The van der Waals surface area contributed by atoms with Crippen LogP contribution in [0.2, 0.25) is 0 Å². The van der Waals surface area contributed by atoms with Crippen molar-refractivity contribution in [3.8, 4) is 22.6 Å². The smallest absolute Gasteiger partial charge is 0.227 e. The van der Waals surface area contributed by atoms with Gasteiger partial charge in [0.25, 0.3) is 0 Å². The summed E-state index contributed by atoms with van der Waals surface area (Å²) in [7, 11) is 0. The van der Waals surface area contributed by atoms with E-state index in [-0.39, 0.29) is 11.8 Å². The van der Waals surface area contributed by atoms with Gasteiger partial charge in [-0.25, -0.2) is 4.98 Å². The molecule has 0 aliphatic heterocycles. The highest BCUT2D eigenvalue weighted by atomic mass is 16.2. The number of benzene rings is 1. The van der Waals surface area contributed by atoms with E-state index in [4.69, 9.17) is 4.98 Å². The van der Waals surface area contributed by atoms with E-state index < -0.39 is 0 Å². The van der Waals surface area contributed by atoms with E-state index in [0.717, 1.165) is 57.4 Å². The number of para-hydroxylation sites is 1. The number of H-pyrrole nitrogens is 2.